The molecule has 0 radical (unpaired) electrons. The highest BCUT2D eigenvalue weighted by atomic mass is 35.5. The van der Waals surface area contributed by atoms with E-state index in [2.05, 4.69) is 0 Å². The number of ether oxygens (including phenoxy) is 1. The van der Waals surface area contributed by atoms with Crippen LogP contribution in [0.25, 0.3) is 6.08 Å². The van der Waals surface area contributed by atoms with Gasteiger partial charge in [0.15, 0.2) is 5.78 Å². The van der Waals surface area contributed by atoms with Crippen molar-refractivity contribution in [3.8, 4) is 0 Å². The van der Waals surface area contributed by atoms with Crippen molar-refractivity contribution in [3.05, 3.63) is 41.0 Å². The predicted molar refractivity (Wildman–Crippen MR) is 78.7 cm³/mol. The zero-order chi connectivity index (χ0) is 16.0. The number of halogens is 1. The molecule has 0 heterocycles. The van der Waals surface area contributed by atoms with Gasteiger partial charge in [0, 0.05) is 11.6 Å². The quantitative estimate of drug-likeness (QED) is 0.378. The molecule has 1 N–H and O–H groups in total. The number of Topliss-reactive ketones (excluding diaryl/α,β-unsaturated/α-hetero) is 1. The normalized spacial score (nSPS) is 12.1. The fourth-order valence-corrected chi connectivity index (χ4v) is 1.75. The third-order valence-corrected chi connectivity index (χ3v) is 2.79. The predicted octanol–water partition coefficient (Wildman–Crippen LogP) is 2.77. The molecule has 0 aliphatic rings. The Bertz CT molecular complexity index is 590. The van der Waals surface area contributed by atoms with E-state index in [-0.39, 0.29) is 17.7 Å². The summed E-state index contributed by atoms with van der Waals surface area (Å²) in [4.78, 5) is 34.3. The van der Waals surface area contributed by atoms with Crippen LogP contribution in [0.5, 0.6) is 0 Å². The van der Waals surface area contributed by atoms with Gasteiger partial charge in [0.2, 0.25) is 0 Å². The molecule has 0 bridgehead atoms. The van der Waals surface area contributed by atoms with E-state index >= 15 is 0 Å². The number of aliphatic carboxylic acids is 1. The Morgan fingerprint density at radius 3 is 2.57 bits per heavy atom. The molecule has 6 heteroatoms. The van der Waals surface area contributed by atoms with Gasteiger partial charge >= 0.3 is 11.9 Å². The van der Waals surface area contributed by atoms with Gasteiger partial charge in [-0.3, -0.25) is 4.79 Å². The van der Waals surface area contributed by atoms with Crippen LogP contribution in [-0.4, -0.2) is 34.8 Å². The van der Waals surface area contributed by atoms with E-state index in [1.165, 1.54) is 31.2 Å². The first-order valence-electron chi connectivity index (χ1n) is 6.27. The largest absolute Gasteiger partial charge is 0.478 e. The number of hydrogen-bond donors (Lipinski definition) is 1. The lowest BCUT2D eigenvalue weighted by Gasteiger charge is -2.09. The van der Waals surface area contributed by atoms with E-state index < -0.39 is 23.1 Å². The van der Waals surface area contributed by atoms with Crippen LogP contribution in [-0.2, 0) is 9.53 Å². The highest BCUT2D eigenvalue weighted by molar-refractivity contribution is 6.34. The first-order chi connectivity index (χ1) is 9.86. The lowest BCUT2D eigenvalue weighted by Crippen LogP contribution is -2.14. The molecule has 0 aliphatic carbocycles. The minimum absolute atomic E-state index is 0.181. The highest BCUT2D eigenvalue weighted by Crippen LogP contribution is 2.18. The van der Waals surface area contributed by atoms with Crippen LogP contribution in [0, 0.1) is 0 Å². The summed E-state index contributed by atoms with van der Waals surface area (Å²) >= 11 is 5.78. The zero-order valence-electron chi connectivity index (χ0n) is 11.6. The van der Waals surface area contributed by atoms with Gasteiger partial charge in [-0.25, -0.2) is 9.59 Å². The minimum atomic E-state index is -1.14. The lowest BCUT2D eigenvalue weighted by molar-refractivity contribution is -0.131. The molecule has 112 valence electrons. The number of benzene rings is 1. The molecule has 0 aliphatic heterocycles. The molecule has 5 nitrogen and oxygen atoms in total. The van der Waals surface area contributed by atoms with E-state index in [1.54, 1.807) is 6.92 Å². The minimum Gasteiger partial charge on any atom is -0.478 e. The molecule has 1 aromatic rings. The van der Waals surface area contributed by atoms with Crippen LogP contribution in [0.2, 0.25) is 0 Å². The molecule has 0 fully saturated rings. The van der Waals surface area contributed by atoms with Gasteiger partial charge in [0.1, 0.15) is 0 Å². The van der Waals surface area contributed by atoms with Gasteiger partial charge in [0.05, 0.1) is 17.5 Å². The van der Waals surface area contributed by atoms with E-state index in [1.807, 2.05) is 0 Å². The molecule has 0 amide bonds. The second-order valence-corrected chi connectivity index (χ2v) is 4.83. The summed E-state index contributed by atoms with van der Waals surface area (Å²) in [7, 11) is 0. The maximum Gasteiger partial charge on any atom is 0.338 e. The number of carbonyl (C=O) groups excluding carboxylic acids is 2. The number of esters is 1. The topological polar surface area (TPSA) is 80.7 Å². The maximum absolute atomic E-state index is 12.1. The zero-order valence-corrected chi connectivity index (χ0v) is 12.4. The van der Waals surface area contributed by atoms with Crippen LogP contribution in [0.3, 0.4) is 0 Å². The van der Waals surface area contributed by atoms with Crippen molar-refractivity contribution in [2.75, 3.05) is 6.61 Å². The first-order valence-corrected chi connectivity index (χ1v) is 6.71. The second-order valence-electron chi connectivity index (χ2n) is 4.17. The van der Waals surface area contributed by atoms with Crippen LogP contribution < -0.4 is 0 Å². The second kappa shape index (κ2) is 7.59. The number of ketones is 1. The van der Waals surface area contributed by atoms with Crippen LogP contribution in [0.15, 0.2) is 24.3 Å². The molecule has 1 aromatic carbocycles. The van der Waals surface area contributed by atoms with Crippen molar-refractivity contribution in [1.82, 2.24) is 0 Å². The van der Waals surface area contributed by atoms with E-state index in [4.69, 9.17) is 21.4 Å². The van der Waals surface area contributed by atoms with E-state index in [0.29, 0.717) is 5.56 Å². The van der Waals surface area contributed by atoms with Crippen molar-refractivity contribution in [2.24, 2.45) is 0 Å². The Labute approximate surface area is 127 Å². The van der Waals surface area contributed by atoms with Gasteiger partial charge in [-0.2, -0.15) is 0 Å². The number of carboxylic acids is 1. The third kappa shape index (κ3) is 4.72. The summed E-state index contributed by atoms with van der Waals surface area (Å²) in [6, 6.07) is 4.31. The number of rotatable bonds is 6. The summed E-state index contributed by atoms with van der Waals surface area (Å²) in [5, 5.41) is 7.86. The standard InChI is InChI=1S/C15H15ClO5/c1-3-21-15(20)11-5-4-10(6-7-13(17)18)12(8-11)14(19)9(2)16/h4-9H,3H2,1-2H3,(H,17,18)/b7-6+. The SMILES string of the molecule is CCOC(=O)c1ccc(/C=C/C(=O)O)c(C(=O)C(C)Cl)c1. The Hall–Kier alpha value is -2.14. The Balaban J connectivity index is 3.29. The Morgan fingerprint density at radius 2 is 2.05 bits per heavy atom. The van der Waals surface area contributed by atoms with Crippen LogP contribution in [0.1, 0.15) is 40.1 Å². The third-order valence-electron chi connectivity index (χ3n) is 2.60. The molecule has 0 saturated carbocycles. The molecule has 1 unspecified atom stereocenters. The average molecular weight is 311 g/mol. The Kier molecular flexibility index (Phi) is 6.11. The van der Waals surface area contributed by atoms with Crippen molar-refractivity contribution < 1.29 is 24.2 Å². The van der Waals surface area contributed by atoms with Crippen molar-refractivity contribution in [1.29, 1.82) is 0 Å². The Morgan fingerprint density at radius 1 is 1.38 bits per heavy atom. The summed E-state index contributed by atoms with van der Waals surface area (Å²) in [5.41, 5.74) is 0.772. The first kappa shape index (κ1) is 16.9. The monoisotopic (exact) mass is 310 g/mol. The van der Waals surface area contributed by atoms with E-state index in [9.17, 15) is 14.4 Å². The smallest absolute Gasteiger partial charge is 0.338 e. The molecule has 0 saturated heterocycles. The fraction of sp³-hybridized carbons (Fsp3) is 0.267. The van der Waals surface area contributed by atoms with Gasteiger partial charge in [-0.1, -0.05) is 6.07 Å². The number of carbonyl (C=O) groups is 3. The molecule has 0 spiro atoms. The summed E-state index contributed by atoms with van der Waals surface area (Å²) in [6.07, 6.45) is 2.19. The van der Waals surface area contributed by atoms with Crippen LogP contribution in [0.4, 0.5) is 0 Å². The summed E-state index contributed by atoms with van der Waals surface area (Å²) < 4.78 is 4.87. The molecular formula is C15H15ClO5. The van der Waals surface area contributed by atoms with Crippen molar-refractivity contribution >= 4 is 35.4 Å². The number of carboxylic acid groups (broad SMARTS) is 1. The van der Waals surface area contributed by atoms with Gasteiger partial charge in [0.25, 0.3) is 0 Å². The number of alkyl halides is 1. The number of hydrogen-bond acceptors (Lipinski definition) is 4. The lowest BCUT2D eigenvalue weighted by atomic mass is 9.98. The highest BCUT2D eigenvalue weighted by Gasteiger charge is 2.18. The van der Waals surface area contributed by atoms with Gasteiger partial charge in [-0.05, 0) is 37.6 Å². The van der Waals surface area contributed by atoms with Crippen molar-refractivity contribution in [3.63, 3.8) is 0 Å². The van der Waals surface area contributed by atoms with Gasteiger partial charge < -0.3 is 9.84 Å². The summed E-state index contributed by atoms with van der Waals surface area (Å²) in [5.74, 6) is -2.09. The molecule has 1 rings (SSSR count). The molecule has 1 atom stereocenters. The molecular weight excluding hydrogens is 296 g/mol. The van der Waals surface area contributed by atoms with E-state index in [0.717, 1.165) is 6.08 Å². The summed E-state index contributed by atoms with van der Waals surface area (Å²) in [6.45, 7) is 3.40. The molecule has 0 aromatic heterocycles. The van der Waals surface area contributed by atoms with Crippen molar-refractivity contribution in [2.45, 2.75) is 19.2 Å². The fourth-order valence-electron chi connectivity index (χ4n) is 1.63. The maximum atomic E-state index is 12.1. The van der Waals surface area contributed by atoms with Crippen LogP contribution >= 0.6 is 11.6 Å². The molecule has 21 heavy (non-hydrogen) atoms. The van der Waals surface area contributed by atoms with Gasteiger partial charge in [-0.15, -0.1) is 11.6 Å². The average Bonchev–Trinajstić information content (AvgIpc) is 2.44.